The van der Waals surface area contributed by atoms with Gasteiger partial charge in [-0.15, -0.1) is 0 Å². The molecule has 39 heavy (non-hydrogen) atoms. The predicted molar refractivity (Wildman–Crippen MR) is 169 cm³/mol. The van der Waals surface area contributed by atoms with Crippen LogP contribution in [0.2, 0.25) is 0 Å². The molecule has 0 spiro atoms. The largest absolute Gasteiger partial charge is 0.375 e. The van der Waals surface area contributed by atoms with Crippen molar-refractivity contribution in [2.75, 3.05) is 26.2 Å². The minimum Gasteiger partial charge on any atom is -0.375 e. The Morgan fingerprint density at radius 1 is 0.897 bits per heavy atom. The third kappa shape index (κ3) is 6.86. The number of aliphatic imine (C=N–C) groups is 2. The lowest BCUT2D eigenvalue weighted by atomic mass is 9.89. The molecule has 204 valence electrons. The van der Waals surface area contributed by atoms with Crippen LogP contribution in [0.1, 0.15) is 58.4 Å². The highest BCUT2D eigenvalue weighted by atomic mass is 15.2. The summed E-state index contributed by atoms with van der Waals surface area (Å²) >= 11 is 0. The van der Waals surface area contributed by atoms with Gasteiger partial charge < -0.3 is 9.80 Å². The monoisotopic (exact) mass is 520 g/mol. The Morgan fingerprint density at radius 3 is 2.18 bits per heavy atom. The highest BCUT2D eigenvalue weighted by Gasteiger charge is 2.28. The molecule has 2 aromatic rings. The van der Waals surface area contributed by atoms with E-state index in [-0.39, 0.29) is 0 Å². The number of hydrogen-bond donors (Lipinski definition) is 0. The molecule has 0 amide bonds. The number of hydrogen-bond acceptors (Lipinski definition) is 4. The maximum Gasteiger partial charge on any atom is 0.0488 e. The topological polar surface area (TPSA) is 31.2 Å². The summed E-state index contributed by atoms with van der Waals surface area (Å²) in [5, 5.41) is 0. The second-order valence-electron chi connectivity index (χ2n) is 10.5. The maximum absolute atomic E-state index is 4.86. The Morgan fingerprint density at radius 2 is 1.56 bits per heavy atom. The average Bonchev–Trinajstić information content (AvgIpc) is 3.00. The van der Waals surface area contributed by atoms with Gasteiger partial charge in [0.15, 0.2) is 0 Å². The molecule has 0 N–H and O–H groups in total. The molecule has 4 heteroatoms. The van der Waals surface area contributed by atoms with E-state index in [1.54, 1.807) is 6.20 Å². The molecule has 0 unspecified atom stereocenters. The SMILES string of the molecule is C=CN=C1CCN(C(=C)c2ccc(-c3ccccc3)cc2)C/C1=C(/C)N1CCC(C(CC)=NC(=C)CC)CC1. The summed E-state index contributed by atoms with van der Waals surface area (Å²) in [5.41, 5.74) is 10.8. The smallest absolute Gasteiger partial charge is 0.0488 e. The summed E-state index contributed by atoms with van der Waals surface area (Å²) < 4.78 is 0. The Hall–Kier alpha value is -3.66. The summed E-state index contributed by atoms with van der Waals surface area (Å²) in [6.45, 7) is 22.9. The third-order valence-electron chi connectivity index (χ3n) is 8.22. The van der Waals surface area contributed by atoms with Crippen LogP contribution in [0.25, 0.3) is 16.8 Å². The molecule has 2 aliphatic heterocycles. The molecule has 0 atom stereocenters. The lowest BCUT2D eigenvalue weighted by Crippen LogP contribution is -2.40. The van der Waals surface area contributed by atoms with E-state index in [2.05, 4.69) is 105 Å². The van der Waals surface area contributed by atoms with Crippen molar-refractivity contribution in [3.8, 4) is 11.1 Å². The zero-order valence-corrected chi connectivity index (χ0v) is 24.1. The second kappa shape index (κ2) is 13.4. The van der Waals surface area contributed by atoms with Gasteiger partial charge in [0.25, 0.3) is 0 Å². The van der Waals surface area contributed by atoms with Crippen molar-refractivity contribution >= 4 is 17.1 Å². The standard InChI is InChI=1S/C35H44N4/c1-7-26(4)37-34(8-2)32-19-22-38(23-20-32)28(6)33-25-39(24-21-35(33)36-9-3)27(5)29-15-17-31(18-16-29)30-13-11-10-12-14-30/h9-18,32H,3-5,7-8,19-25H2,1-2,6H3/b33-28+,36-35?,37-34?. The van der Waals surface area contributed by atoms with Crippen molar-refractivity contribution in [2.24, 2.45) is 15.9 Å². The summed E-state index contributed by atoms with van der Waals surface area (Å²) in [6.07, 6.45) is 6.76. The first kappa shape index (κ1) is 28.4. The average molecular weight is 521 g/mol. The van der Waals surface area contributed by atoms with E-state index in [1.807, 2.05) is 0 Å². The van der Waals surface area contributed by atoms with Crippen LogP contribution >= 0.6 is 0 Å². The number of allylic oxidation sites excluding steroid dienone is 2. The van der Waals surface area contributed by atoms with E-state index in [0.717, 1.165) is 81.0 Å². The fourth-order valence-corrected chi connectivity index (χ4v) is 5.71. The Balaban J connectivity index is 1.49. The molecule has 0 aromatic heterocycles. The van der Waals surface area contributed by atoms with Gasteiger partial charge >= 0.3 is 0 Å². The molecule has 2 heterocycles. The molecule has 0 radical (unpaired) electrons. The van der Waals surface area contributed by atoms with Crippen LogP contribution in [0.5, 0.6) is 0 Å². The minimum atomic E-state index is 0.551. The molecule has 4 rings (SSSR count). The highest BCUT2D eigenvalue weighted by molar-refractivity contribution is 6.02. The van der Waals surface area contributed by atoms with Crippen LogP contribution < -0.4 is 0 Å². The van der Waals surface area contributed by atoms with Crippen LogP contribution in [0.3, 0.4) is 0 Å². The number of likely N-dealkylation sites (tertiary alicyclic amines) is 2. The zero-order chi connectivity index (χ0) is 27.8. The Labute approximate surface area is 235 Å². The van der Waals surface area contributed by atoms with E-state index in [1.165, 1.54) is 28.1 Å². The zero-order valence-electron chi connectivity index (χ0n) is 24.1. The van der Waals surface area contributed by atoms with Gasteiger partial charge in [-0.3, -0.25) is 9.98 Å². The molecule has 2 fully saturated rings. The molecular formula is C35H44N4. The molecule has 2 saturated heterocycles. The minimum absolute atomic E-state index is 0.551. The molecule has 0 saturated carbocycles. The molecule has 2 aromatic carbocycles. The second-order valence-corrected chi connectivity index (χ2v) is 10.5. The first-order valence-electron chi connectivity index (χ1n) is 14.4. The van der Waals surface area contributed by atoms with Crippen LogP contribution in [-0.4, -0.2) is 47.4 Å². The molecular weight excluding hydrogens is 476 g/mol. The van der Waals surface area contributed by atoms with Crippen LogP contribution in [-0.2, 0) is 0 Å². The van der Waals surface area contributed by atoms with Crippen molar-refractivity contribution in [2.45, 2.75) is 52.9 Å². The van der Waals surface area contributed by atoms with Gasteiger partial charge in [-0.05, 0) is 49.3 Å². The van der Waals surface area contributed by atoms with E-state index in [4.69, 9.17) is 9.98 Å². The quantitative estimate of drug-likeness (QED) is 0.311. The predicted octanol–water partition coefficient (Wildman–Crippen LogP) is 8.38. The maximum atomic E-state index is 4.86. The number of piperidine rings is 2. The lowest BCUT2D eigenvalue weighted by Gasteiger charge is -2.39. The molecule has 0 bridgehead atoms. The van der Waals surface area contributed by atoms with Crippen LogP contribution in [0.15, 0.2) is 107 Å². The van der Waals surface area contributed by atoms with E-state index >= 15 is 0 Å². The third-order valence-corrected chi connectivity index (χ3v) is 8.22. The summed E-state index contributed by atoms with van der Waals surface area (Å²) in [5.74, 6) is 0.551. The lowest BCUT2D eigenvalue weighted by molar-refractivity contribution is 0.255. The number of nitrogens with zero attached hydrogens (tertiary/aromatic N) is 4. The van der Waals surface area contributed by atoms with Gasteiger partial charge in [0, 0.05) is 78.8 Å². The van der Waals surface area contributed by atoms with Gasteiger partial charge in [-0.2, -0.15) is 0 Å². The van der Waals surface area contributed by atoms with Crippen LogP contribution in [0, 0.1) is 5.92 Å². The number of benzene rings is 2. The number of rotatable bonds is 9. The normalized spacial score (nSPS) is 19.3. The summed E-state index contributed by atoms with van der Waals surface area (Å²) in [6, 6.07) is 19.3. The van der Waals surface area contributed by atoms with E-state index < -0.39 is 0 Å². The van der Waals surface area contributed by atoms with Gasteiger partial charge in [0.2, 0.25) is 0 Å². The Kier molecular flexibility index (Phi) is 9.75. The van der Waals surface area contributed by atoms with Gasteiger partial charge in [0.05, 0.1) is 0 Å². The fourth-order valence-electron chi connectivity index (χ4n) is 5.71. The van der Waals surface area contributed by atoms with Crippen LogP contribution in [0.4, 0.5) is 0 Å². The van der Waals surface area contributed by atoms with Crippen molar-refractivity contribution in [3.05, 3.63) is 103 Å². The first-order chi connectivity index (χ1) is 18.9. The van der Waals surface area contributed by atoms with Gasteiger partial charge in [0.1, 0.15) is 0 Å². The van der Waals surface area contributed by atoms with E-state index in [0.29, 0.717) is 5.92 Å². The van der Waals surface area contributed by atoms with E-state index in [9.17, 15) is 0 Å². The molecule has 0 aliphatic carbocycles. The Bertz CT molecular complexity index is 1260. The fraction of sp³-hybridized carbons (Fsp3) is 0.371. The van der Waals surface area contributed by atoms with Crippen molar-refractivity contribution in [1.29, 1.82) is 0 Å². The molecule has 2 aliphatic rings. The first-order valence-corrected chi connectivity index (χ1v) is 14.4. The van der Waals surface area contributed by atoms with Gasteiger partial charge in [-0.1, -0.05) is 88.2 Å². The highest BCUT2D eigenvalue weighted by Crippen LogP contribution is 2.30. The van der Waals surface area contributed by atoms with Crippen molar-refractivity contribution < 1.29 is 0 Å². The van der Waals surface area contributed by atoms with Gasteiger partial charge in [-0.25, -0.2) is 0 Å². The van der Waals surface area contributed by atoms with Crippen molar-refractivity contribution in [3.63, 3.8) is 0 Å². The molecule has 4 nitrogen and oxygen atoms in total. The van der Waals surface area contributed by atoms with Crippen molar-refractivity contribution in [1.82, 2.24) is 9.80 Å². The summed E-state index contributed by atoms with van der Waals surface area (Å²) in [4.78, 5) is 14.5. The summed E-state index contributed by atoms with van der Waals surface area (Å²) in [7, 11) is 0.